The van der Waals surface area contributed by atoms with Crippen LogP contribution in [0.4, 0.5) is 23.7 Å². The standard InChI is InChI=1S/C16H21F3N4O/c17-16(18,19)12-1-3-13(4-2-12)21-15(24)23-9-7-22(8-10-23)14-5-6-20-11-14/h1-4,14,20H,5-11H2,(H,21,24). The minimum absolute atomic E-state index is 0.265. The molecule has 1 atom stereocenters. The Balaban J connectivity index is 1.50. The summed E-state index contributed by atoms with van der Waals surface area (Å²) in [5, 5.41) is 6.00. The first-order chi connectivity index (χ1) is 11.4. The number of carbonyl (C=O) groups is 1. The molecule has 1 unspecified atom stereocenters. The van der Waals surface area contributed by atoms with Crippen LogP contribution in [0.5, 0.6) is 0 Å². The monoisotopic (exact) mass is 342 g/mol. The van der Waals surface area contributed by atoms with Gasteiger partial charge in [-0.05, 0) is 37.2 Å². The molecule has 8 heteroatoms. The predicted octanol–water partition coefficient (Wildman–Crippen LogP) is 2.22. The highest BCUT2D eigenvalue weighted by Gasteiger charge is 2.30. The van der Waals surface area contributed by atoms with E-state index in [0.717, 1.165) is 44.7 Å². The fourth-order valence-electron chi connectivity index (χ4n) is 3.19. The van der Waals surface area contributed by atoms with Crippen molar-refractivity contribution in [3.63, 3.8) is 0 Å². The first kappa shape index (κ1) is 17.0. The Morgan fingerprint density at radius 2 is 1.79 bits per heavy atom. The van der Waals surface area contributed by atoms with Gasteiger partial charge in [0.25, 0.3) is 0 Å². The number of alkyl halides is 3. The smallest absolute Gasteiger partial charge is 0.322 e. The molecule has 0 bridgehead atoms. The molecule has 2 saturated heterocycles. The largest absolute Gasteiger partial charge is 0.416 e. The van der Waals surface area contributed by atoms with E-state index in [2.05, 4.69) is 15.5 Å². The molecule has 0 aromatic heterocycles. The molecular formula is C16H21F3N4O. The third kappa shape index (κ3) is 3.99. The van der Waals surface area contributed by atoms with E-state index in [1.807, 2.05) is 0 Å². The molecule has 2 aliphatic heterocycles. The van der Waals surface area contributed by atoms with E-state index in [0.29, 0.717) is 24.8 Å². The van der Waals surface area contributed by atoms with Gasteiger partial charge in [0.2, 0.25) is 0 Å². The topological polar surface area (TPSA) is 47.6 Å². The van der Waals surface area contributed by atoms with Crippen LogP contribution in [0, 0.1) is 0 Å². The molecule has 0 aliphatic carbocycles. The van der Waals surface area contributed by atoms with E-state index >= 15 is 0 Å². The van der Waals surface area contributed by atoms with Crippen molar-refractivity contribution < 1.29 is 18.0 Å². The van der Waals surface area contributed by atoms with Gasteiger partial charge >= 0.3 is 12.2 Å². The first-order valence-corrected chi connectivity index (χ1v) is 8.11. The van der Waals surface area contributed by atoms with E-state index in [-0.39, 0.29) is 6.03 Å². The number of anilines is 1. The zero-order chi connectivity index (χ0) is 17.2. The lowest BCUT2D eigenvalue weighted by molar-refractivity contribution is -0.137. The average molecular weight is 342 g/mol. The van der Waals surface area contributed by atoms with Gasteiger partial charge in [0.1, 0.15) is 0 Å². The molecule has 3 rings (SSSR count). The Morgan fingerprint density at radius 1 is 1.12 bits per heavy atom. The molecule has 1 aromatic rings. The summed E-state index contributed by atoms with van der Waals surface area (Å²) in [5.74, 6) is 0. The van der Waals surface area contributed by atoms with Crippen LogP contribution < -0.4 is 10.6 Å². The molecule has 5 nitrogen and oxygen atoms in total. The molecule has 24 heavy (non-hydrogen) atoms. The van der Waals surface area contributed by atoms with Crippen molar-refractivity contribution in [2.75, 3.05) is 44.6 Å². The maximum absolute atomic E-state index is 12.5. The lowest BCUT2D eigenvalue weighted by atomic mass is 10.2. The van der Waals surface area contributed by atoms with Gasteiger partial charge in [0.15, 0.2) is 0 Å². The van der Waals surface area contributed by atoms with E-state index < -0.39 is 11.7 Å². The van der Waals surface area contributed by atoms with Crippen LogP contribution in [0.2, 0.25) is 0 Å². The number of piperazine rings is 1. The highest BCUT2D eigenvalue weighted by atomic mass is 19.4. The molecule has 1 aromatic carbocycles. The van der Waals surface area contributed by atoms with Crippen molar-refractivity contribution in [3.05, 3.63) is 29.8 Å². The van der Waals surface area contributed by atoms with Crippen molar-refractivity contribution in [2.24, 2.45) is 0 Å². The number of halogens is 3. The van der Waals surface area contributed by atoms with Crippen molar-refractivity contribution in [1.82, 2.24) is 15.1 Å². The zero-order valence-corrected chi connectivity index (χ0v) is 13.3. The maximum Gasteiger partial charge on any atom is 0.416 e. The normalized spacial score (nSPS) is 22.6. The molecule has 0 spiro atoms. The van der Waals surface area contributed by atoms with Gasteiger partial charge in [-0.3, -0.25) is 4.90 Å². The summed E-state index contributed by atoms with van der Waals surface area (Å²) >= 11 is 0. The molecule has 0 saturated carbocycles. The molecule has 2 aliphatic rings. The van der Waals surface area contributed by atoms with Gasteiger partial charge in [-0.15, -0.1) is 0 Å². The Labute approximate surface area is 138 Å². The van der Waals surface area contributed by atoms with Gasteiger partial charge in [0, 0.05) is 44.5 Å². The molecule has 2 amide bonds. The van der Waals surface area contributed by atoms with Gasteiger partial charge < -0.3 is 15.5 Å². The summed E-state index contributed by atoms with van der Waals surface area (Å²) in [6.45, 7) is 4.95. The van der Waals surface area contributed by atoms with Crippen LogP contribution in [0.3, 0.4) is 0 Å². The number of amides is 2. The second-order valence-corrected chi connectivity index (χ2v) is 6.17. The predicted molar refractivity (Wildman–Crippen MR) is 84.9 cm³/mol. The summed E-state index contributed by atoms with van der Waals surface area (Å²) in [5.41, 5.74) is -0.352. The number of nitrogens with zero attached hydrogens (tertiary/aromatic N) is 2. The summed E-state index contributed by atoms with van der Waals surface area (Å²) in [4.78, 5) is 16.3. The lowest BCUT2D eigenvalue weighted by Gasteiger charge is -2.37. The van der Waals surface area contributed by atoms with Crippen molar-refractivity contribution in [2.45, 2.75) is 18.6 Å². The SMILES string of the molecule is O=C(Nc1ccc(C(F)(F)F)cc1)N1CCN(C2CCNC2)CC1. The fourth-order valence-corrected chi connectivity index (χ4v) is 3.19. The molecule has 2 fully saturated rings. The molecule has 2 heterocycles. The quantitative estimate of drug-likeness (QED) is 0.866. The zero-order valence-electron chi connectivity index (χ0n) is 13.3. The maximum atomic E-state index is 12.5. The van der Waals surface area contributed by atoms with Crippen LogP contribution in [0.15, 0.2) is 24.3 Å². The van der Waals surface area contributed by atoms with E-state index in [1.54, 1.807) is 4.90 Å². The lowest BCUT2D eigenvalue weighted by Crippen LogP contribution is -2.53. The minimum Gasteiger partial charge on any atom is -0.322 e. The van der Waals surface area contributed by atoms with Gasteiger partial charge in [-0.25, -0.2) is 4.79 Å². The molecule has 2 N–H and O–H groups in total. The number of hydrogen-bond donors (Lipinski definition) is 2. The molecule has 132 valence electrons. The van der Waals surface area contributed by atoms with Gasteiger partial charge in [0.05, 0.1) is 5.56 Å². The number of nitrogens with one attached hydrogen (secondary N) is 2. The van der Waals surface area contributed by atoms with Crippen molar-refractivity contribution in [1.29, 1.82) is 0 Å². The number of rotatable bonds is 2. The molecule has 0 radical (unpaired) electrons. The summed E-state index contributed by atoms with van der Waals surface area (Å²) in [7, 11) is 0. The van der Waals surface area contributed by atoms with E-state index in [9.17, 15) is 18.0 Å². The van der Waals surface area contributed by atoms with Crippen LogP contribution in [0.25, 0.3) is 0 Å². The fraction of sp³-hybridized carbons (Fsp3) is 0.562. The van der Waals surface area contributed by atoms with E-state index in [1.165, 1.54) is 12.1 Å². The van der Waals surface area contributed by atoms with Gasteiger partial charge in [-0.1, -0.05) is 0 Å². The number of carbonyl (C=O) groups excluding carboxylic acids is 1. The number of urea groups is 1. The summed E-state index contributed by atoms with van der Waals surface area (Å²) in [6, 6.07) is 4.79. The second kappa shape index (κ2) is 6.98. The Morgan fingerprint density at radius 3 is 2.33 bits per heavy atom. The molecular weight excluding hydrogens is 321 g/mol. The summed E-state index contributed by atoms with van der Waals surface area (Å²) < 4.78 is 37.6. The van der Waals surface area contributed by atoms with Crippen molar-refractivity contribution >= 4 is 11.7 Å². The van der Waals surface area contributed by atoms with Crippen LogP contribution in [-0.4, -0.2) is 61.1 Å². The van der Waals surface area contributed by atoms with Crippen molar-refractivity contribution in [3.8, 4) is 0 Å². The Bertz CT molecular complexity index is 562. The third-order valence-corrected chi connectivity index (χ3v) is 4.62. The highest BCUT2D eigenvalue weighted by molar-refractivity contribution is 5.89. The minimum atomic E-state index is -4.37. The third-order valence-electron chi connectivity index (χ3n) is 4.62. The number of hydrogen-bond acceptors (Lipinski definition) is 3. The number of benzene rings is 1. The van der Waals surface area contributed by atoms with Crippen LogP contribution in [0.1, 0.15) is 12.0 Å². The Kier molecular flexibility index (Phi) is 4.96. The van der Waals surface area contributed by atoms with Gasteiger partial charge in [-0.2, -0.15) is 13.2 Å². The van der Waals surface area contributed by atoms with E-state index in [4.69, 9.17) is 0 Å². The first-order valence-electron chi connectivity index (χ1n) is 8.11. The second-order valence-electron chi connectivity index (χ2n) is 6.17. The van der Waals surface area contributed by atoms with Crippen LogP contribution in [-0.2, 0) is 6.18 Å². The Hall–Kier alpha value is -1.80. The van der Waals surface area contributed by atoms with Crippen LogP contribution >= 0.6 is 0 Å². The average Bonchev–Trinajstić information content (AvgIpc) is 3.09. The highest BCUT2D eigenvalue weighted by Crippen LogP contribution is 2.29. The summed E-state index contributed by atoms with van der Waals surface area (Å²) in [6.07, 6.45) is -3.23.